The van der Waals surface area contributed by atoms with Crippen molar-refractivity contribution in [1.29, 1.82) is 0 Å². The van der Waals surface area contributed by atoms with Gasteiger partial charge in [-0.1, -0.05) is 0 Å². The molecule has 9 nitrogen and oxygen atoms in total. The Hall–Kier alpha value is -4.15. The Kier molecular flexibility index (Phi) is 4.20. The van der Waals surface area contributed by atoms with Gasteiger partial charge in [0.1, 0.15) is 0 Å². The van der Waals surface area contributed by atoms with E-state index < -0.39 is 11.6 Å². The number of nitrogens with one attached hydrogen (secondary N) is 2. The maximum atomic E-state index is 14.5. The summed E-state index contributed by atoms with van der Waals surface area (Å²) in [4.78, 5) is 8.68. The Morgan fingerprint density at radius 1 is 1.07 bits per heavy atom. The minimum absolute atomic E-state index is 0.00250. The Bertz CT molecular complexity index is 1340. The molecule has 0 unspecified atom stereocenters. The molecule has 0 radical (unpaired) electrons. The van der Waals surface area contributed by atoms with Gasteiger partial charge in [-0.2, -0.15) is 20.3 Å². The van der Waals surface area contributed by atoms with Gasteiger partial charge in [0, 0.05) is 36.8 Å². The van der Waals surface area contributed by atoms with Crippen molar-refractivity contribution in [2.45, 2.75) is 6.54 Å². The number of benzene rings is 1. The molecular formula is C19H15F2N9. The Balaban J connectivity index is 1.51. The lowest BCUT2D eigenvalue weighted by atomic mass is 10.1. The summed E-state index contributed by atoms with van der Waals surface area (Å²) in [7, 11) is 1.76. The number of rotatable bonds is 5. The lowest BCUT2D eigenvalue weighted by molar-refractivity contribution is 0.493. The number of hydrogen-bond donors (Lipinski definition) is 2. The van der Waals surface area contributed by atoms with Crippen LogP contribution >= 0.6 is 0 Å². The second-order valence-electron chi connectivity index (χ2n) is 6.72. The summed E-state index contributed by atoms with van der Waals surface area (Å²) >= 11 is 0. The van der Waals surface area contributed by atoms with Crippen molar-refractivity contribution in [1.82, 2.24) is 39.7 Å². The third kappa shape index (κ3) is 3.26. The van der Waals surface area contributed by atoms with E-state index in [0.717, 1.165) is 6.07 Å². The largest absolute Gasteiger partial charge is 0.321 e. The van der Waals surface area contributed by atoms with Crippen molar-refractivity contribution in [3.05, 3.63) is 66.5 Å². The fraction of sp³-hybridized carbons (Fsp3) is 0.105. The monoisotopic (exact) mass is 407 g/mol. The number of fused-ring (bicyclic) bond motifs is 1. The Morgan fingerprint density at radius 2 is 1.97 bits per heavy atom. The van der Waals surface area contributed by atoms with Gasteiger partial charge in [0.15, 0.2) is 17.3 Å². The topological polar surface area (TPSA) is 102 Å². The molecule has 0 amide bonds. The summed E-state index contributed by atoms with van der Waals surface area (Å²) in [5.74, 6) is -1.52. The van der Waals surface area contributed by atoms with E-state index in [2.05, 4.69) is 35.7 Å². The van der Waals surface area contributed by atoms with Gasteiger partial charge in [-0.15, -0.1) is 0 Å². The maximum absolute atomic E-state index is 14.5. The first kappa shape index (κ1) is 17.9. The lowest BCUT2D eigenvalue weighted by Gasteiger charge is -2.09. The van der Waals surface area contributed by atoms with E-state index in [9.17, 15) is 8.78 Å². The fourth-order valence-electron chi connectivity index (χ4n) is 3.15. The zero-order chi connectivity index (χ0) is 20.7. The zero-order valence-electron chi connectivity index (χ0n) is 15.7. The third-order valence-corrected chi connectivity index (χ3v) is 4.59. The molecule has 4 heterocycles. The molecule has 30 heavy (non-hydrogen) atoms. The molecule has 0 aliphatic carbocycles. The van der Waals surface area contributed by atoms with Crippen molar-refractivity contribution >= 4 is 22.7 Å². The predicted molar refractivity (Wildman–Crippen MR) is 105 cm³/mol. The Labute approximate surface area is 168 Å². The SMILES string of the molecule is Cn1cc(-c2cc(F)c(F)c(Cn3ncc4cnc(Nc5cn[nH]c5)nc43)c2)cn1. The highest BCUT2D eigenvalue weighted by Gasteiger charge is 2.15. The molecular weight excluding hydrogens is 392 g/mol. The first-order valence-corrected chi connectivity index (χ1v) is 8.98. The number of aromatic nitrogens is 8. The first-order chi connectivity index (χ1) is 14.6. The number of nitrogens with zero attached hydrogens (tertiary/aromatic N) is 7. The minimum Gasteiger partial charge on any atom is -0.321 e. The van der Waals surface area contributed by atoms with Crippen molar-refractivity contribution in [3.63, 3.8) is 0 Å². The van der Waals surface area contributed by atoms with Gasteiger partial charge in [0.2, 0.25) is 5.95 Å². The van der Waals surface area contributed by atoms with Crippen LogP contribution in [0.5, 0.6) is 0 Å². The van der Waals surface area contributed by atoms with Gasteiger partial charge in [0.05, 0.1) is 36.2 Å². The molecule has 150 valence electrons. The van der Waals surface area contributed by atoms with Crippen LogP contribution in [0, 0.1) is 11.6 Å². The standard InChI is InChI=1S/C19H15F2N9/c1-29-9-14(6-25-29)11-2-12(17(21)16(20)3-11)10-30-18-13(5-26-30)4-22-19(28-18)27-15-7-23-24-8-15/h2-9H,10H2,1H3,(H,23,24)(H,22,27,28). The summed E-state index contributed by atoms with van der Waals surface area (Å²) in [6, 6.07) is 2.75. The number of aryl methyl sites for hydroxylation is 1. The molecule has 1 aromatic carbocycles. The molecule has 0 saturated carbocycles. The van der Waals surface area contributed by atoms with Crippen molar-refractivity contribution < 1.29 is 8.78 Å². The first-order valence-electron chi connectivity index (χ1n) is 8.98. The zero-order valence-corrected chi connectivity index (χ0v) is 15.7. The minimum atomic E-state index is -0.931. The molecule has 0 atom stereocenters. The molecule has 2 N–H and O–H groups in total. The van der Waals surface area contributed by atoms with Crippen molar-refractivity contribution in [3.8, 4) is 11.1 Å². The average molecular weight is 407 g/mol. The van der Waals surface area contributed by atoms with E-state index in [4.69, 9.17) is 0 Å². The van der Waals surface area contributed by atoms with Crippen LogP contribution in [0.1, 0.15) is 5.56 Å². The normalized spacial score (nSPS) is 11.3. The van der Waals surface area contributed by atoms with Crippen LogP contribution < -0.4 is 5.32 Å². The number of H-pyrrole nitrogens is 1. The van der Waals surface area contributed by atoms with Crippen LogP contribution in [-0.2, 0) is 13.6 Å². The van der Waals surface area contributed by atoms with E-state index in [1.54, 1.807) is 55.0 Å². The van der Waals surface area contributed by atoms with Crippen molar-refractivity contribution in [2.75, 3.05) is 5.32 Å². The molecule has 0 fully saturated rings. The number of aromatic amines is 1. The molecule has 11 heteroatoms. The molecule has 0 bridgehead atoms. The second kappa shape index (κ2) is 7.03. The molecule has 4 aromatic heterocycles. The maximum Gasteiger partial charge on any atom is 0.229 e. The van der Waals surface area contributed by atoms with Crippen LogP contribution in [0.3, 0.4) is 0 Å². The predicted octanol–water partition coefficient (Wildman–Crippen LogP) is 3.02. The molecule has 0 spiro atoms. The van der Waals surface area contributed by atoms with Crippen LogP contribution in [-0.4, -0.2) is 39.7 Å². The van der Waals surface area contributed by atoms with E-state index in [-0.39, 0.29) is 12.1 Å². The fourth-order valence-corrected chi connectivity index (χ4v) is 3.15. The average Bonchev–Trinajstić information content (AvgIpc) is 3.48. The second-order valence-corrected chi connectivity index (χ2v) is 6.72. The molecule has 0 aliphatic heterocycles. The van der Waals surface area contributed by atoms with Gasteiger partial charge in [-0.3, -0.25) is 9.78 Å². The van der Waals surface area contributed by atoms with Gasteiger partial charge in [-0.25, -0.2) is 18.4 Å². The van der Waals surface area contributed by atoms with Crippen LogP contribution in [0.2, 0.25) is 0 Å². The molecule has 0 saturated heterocycles. The summed E-state index contributed by atoms with van der Waals surface area (Å²) < 4.78 is 31.9. The van der Waals surface area contributed by atoms with Crippen LogP contribution in [0.25, 0.3) is 22.2 Å². The van der Waals surface area contributed by atoms with Gasteiger partial charge in [0.25, 0.3) is 0 Å². The number of anilines is 2. The van der Waals surface area contributed by atoms with Gasteiger partial charge < -0.3 is 5.32 Å². The summed E-state index contributed by atoms with van der Waals surface area (Å²) in [6.45, 7) is 0.00250. The molecule has 0 aliphatic rings. The molecule has 5 aromatic rings. The number of hydrogen-bond acceptors (Lipinski definition) is 6. The smallest absolute Gasteiger partial charge is 0.229 e. The number of halogens is 2. The van der Waals surface area contributed by atoms with Crippen molar-refractivity contribution in [2.24, 2.45) is 7.05 Å². The Morgan fingerprint density at radius 3 is 2.73 bits per heavy atom. The summed E-state index contributed by atoms with van der Waals surface area (Å²) in [5, 5.41) is 18.6. The van der Waals surface area contributed by atoms with Crippen LogP contribution in [0.4, 0.5) is 20.4 Å². The van der Waals surface area contributed by atoms with E-state index in [1.807, 2.05) is 0 Å². The van der Waals surface area contributed by atoms with E-state index >= 15 is 0 Å². The van der Waals surface area contributed by atoms with Gasteiger partial charge >= 0.3 is 0 Å². The third-order valence-electron chi connectivity index (χ3n) is 4.59. The quantitative estimate of drug-likeness (QED) is 0.464. The van der Waals surface area contributed by atoms with Gasteiger partial charge in [-0.05, 0) is 17.7 Å². The summed E-state index contributed by atoms with van der Waals surface area (Å²) in [5.41, 5.74) is 2.56. The highest BCUT2D eigenvalue weighted by molar-refractivity contribution is 5.75. The van der Waals surface area contributed by atoms with Crippen LogP contribution in [0.15, 0.2) is 49.3 Å². The lowest BCUT2D eigenvalue weighted by Crippen LogP contribution is -2.07. The van der Waals surface area contributed by atoms with E-state index in [0.29, 0.717) is 33.8 Å². The molecule has 5 rings (SSSR count). The summed E-state index contributed by atoms with van der Waals surface area (Å²) in [6.07, 6.45) is 9.77. The van der Waals surface area contributed by atoms with E-state index in [1.165, 1.54) is 4.68 Å². The highest BCUT2D eigenvalue weighted by atomic mass is 19.2. The highest BCUT2D eigenvalue weighted by Crippen LogP contribution is 2.25.